The van der Waals surface area contributed by atoms with Crippen LogP contribution in [0, 0.1) is 6.92 Å². The van der Waals surface area contributed by atoms with Crippen LogP contribution in [0.25, 0.3) is 6.08 Å². The molecule has 1 amide bonds. The van der Waals surface area contributed by atoms with Gasteiger partial charge in [0.1, 0.15) is 0 Å². The summed E-state index contributed by atoms with van der Waals surface area (Å²) >= 11 is 0. The lowest BCUT2D eigenvalue weighted by molar-refractivity contribution is -0.111. The molecule has 0 spiro atoms. The molecule has 0 aliphatic carbocycles. The normalized spacial score (nSPS) is 11.6. The zero-order valence-corrected chi connectivity index (χ0v) is 14.4. The number of carbonyl (C=O) groups excluding carboxylic acids is 1. The summed E-state index contributed by atoms with van der Waals surface area (Å²) in [6.45, 7) is 2.22. The minimum Gasteiger partial charge on any atom is -0.323 e. The molecule has 2 rings (SSSR count). The van der Waals surface area contributed by atoms with Gasteiger partial charge in [-0.05, 0) is 36.3 Å². The lowest BCUT2D eigenvalue weighted by Gasteiger charge is -2.05. The van der Waals surface area contributed by atoms with Crippen LogP contribution in [0.3, 0.4) is 0 Å². The third-order valence-electron chi connectivity index (χ3n) is 3.23. The van der Waals surface area contributed by atoms with Crippen LogP contribution in [0.2, 0.25) is 0 Å². The molecule has 0 atom stereocenters. The Bertz CT molecular complexity index is 841. The fourth-order valence-corrected chi connectivity index (χ4v) is 2.48. The van der Waals surface area contributed by atoms with E-state index in [1.807, 2.05) is 31.2 Å². The molecular weight excluding hydrogens is 324 g/mol. The van der Waals surface area contributed by atoms with Gasteiger partial charge in [-0.25, -0.2) is 13.1 Å². The predicted molar refractivity (Wildman–Crippen MR) is 97.0 cm³/mol. The Morgan fingerprint density at radius 2 is 1.83 bits per heavy atom. The molecule has 2 aromatic rings. The Morgan fingerprint density at radius 1 is 1.12 bits per heavy atom. The summed E-state index contributed by atoms with van der Waals surface area (Å²) in [6, 6.07) is 14.9. The minimum atomic E-state index is -3.22. The van der Waals surface area contributed by atoms with Gasteiger partial charge in [0.15, 0.2) is 0 Å². The highest BCUT2D eigenvalue weighted by Crippen LogP contribution is 2.10. The van der Waals surface area contributed by atoms with Crippen LogP contribution in [0.1, 0.15) is 16.7 Å². The molecule has 6 heteroatoms. The maximum Gasteiger partial charge on any atom is 0.248 e. The first-order chi connectivity index (χ1) is 11.3. The maximum atomic E-state index is 11.9. The Labute approximate surface area is 142 Å². The summed E-state index contributed by atoms with van der Waals surface area (Å²) < 4.78 is 24.5. The van der Waals surface area contributed by atoms with Gasteiger partial charge in [-0.3, -0.25) is 4.79 Å². The molecule has 2 N–H and O–H groups in total. The van der Waals surface area contributed by atoms with Crippen LogP contribution in [0.4, 0.5) is 5.69 Å². The van der Waals surface area contributed by atoms with Gasteiger partial charge in [0.25, 0.3) is 0 Å². The number of rotatable bonds is 6. The van der Waals surface area contributed by atoms with Crippen LogP contribution >= 0.6 is 0 Å². The SMILES string of the molecule is Cc1cccc(/C=C/C(=O)Nc2ccc(CNS(C)(=O)=O)cc2)c1. The molecule has 0 saturated carbocycles. The second-order valence-corrected chi connectivity index (χ2v) is 7.36. The van der Waals surface area contributed by atoms with Crippen molar-refractivity contribution in [3.8, 4) is 0 Å². The molecule has 126 valence electrons. The number of hydrogen-bond donors (Lipinski definition) is 2. The van der Waals surface area contributed by atoms with Crippen molar-refractivity contribution in [1.29, 1.82) is 0 Å². The highest BCUT2D eigenvalue weighted by atomic mass is 32.2. The average Bonchev–Trinajstić information content (AvgIpc) is 2.52. The number of amides is 1. The van der Waals surface area contributed by atoms with Gasteiger partial charge in [0.05, 0.1) is 6.26 Å². The summed E-state index contributed by atoms with van der Waals surface area (Å²) in [7, 11) is -3.22. The maximum absolute atomic E-state index is 11.9. The number of benzene rings is 2. The van der Waals surface area contributed by atoms with Gasteiger partial charge in [-0.2, -0.15) is 0 Å². The molecule has 0 unspecified atom stereocenters. The van der Waals surface area contributed by atoms with Crippen molar-refractivity contribution < 1.29 is 13.2 Å². The number of sulfonamides is 1. The van der Waals surface area contributed by atoms with E-state index in [4.69, 9.17) is 0 Å². The zero-order chi connectivity index (χ0) is 17.6. The second kappa shape index (κ2) is 7.90. The first-order valence-corrected chi connectivity index (χ1v) is 9.30. The topological polar surface area (TPSA) is 75.3 Å². The smallest absolute Gasteiger partial charge is 0.248 e. The zero-order valence-electron chi connectivity index (χ0n) is 13.6. The van der Waals surface area contributed by atoms with Gasteiger partial charge < -0.3 is 5.32 Å². The molecule has 24 heavy (non-hydrogen) atoms. The quantitative estimate of drug-likeness (QED) is 0.791. The molecule has 0 saturated heterocycles. The summed E-state index contributed by atoms with van der Waals surface area (Å²) in [5, 5.41) is 2.76. The Balaban J connectivity index is 1.92. The molecule has 0 heterocycles. The monoisotopic (exact) mass is 344 g/mol. The van der Waals surface area contributed by atoms with Crippen LogP contribution in [-0.2, 0) is 21.4 Å². The van der Waals surface area contributed by atoms with E-state index in [1.165, 1.54) is 6.08 Å². The molecular formula is C18H20N2O3S. The van der Waals surface area contributed by atoms with Gasteiger partial charge in [-0.15, -0.1) is 0 Å². The van der Waals surface area contributed by atoms with E-state index in [2.05, 4.69) is 10.0 Å². The number of aryl methyl sites for hydroxylation is 1. The predicted octanol–water partition coefficient (Wildman–Crippen LogP) is 2.70. The van der Waals surface area contributed by atoms with Crippen LogP contribution in [0.15, 0.2) is 54.6 Å². The Kier molecular flexibility index (Phi) is 5.89. The molecule has 0 fully saturated rings. The van der Waals surface area contributed by atoms with Crippen molar-refractivity contribution in [2.45, 2.75) is 13.5 Å². The second-order valence-electron chi connectivity index (χ2n) is 5.53. The molecule has 0 radical (unpaired) electrons. The van der Waals surface area contributed by atoms with Crippen molar-refractivity contribution in [1.82, 2.24) is 4.72 Å². The van der Waals surface area contributed by atoms with Gasteiger partial charge in [0, 0.05) is 18.3 Å². The third-order valence-corrected chi connectivity index (χ3v) is 3.90. The first-order valence-electron chi connectivity index (χ1n) is 7.41. The summed E-state index contributed by atoms with van der Waals surface area (Å²) in [4.78, 5) is 11.9. The first kappa shape index (κ1) is 17.9. The lowest BCUT2D eigenvalue weighted by atomic mass is 10.1. The number of hydrogen-bond acceptors (Lipinski definition) is 3. The van der Waals surface area contributed by atoms with E-state index in [0.717, 1.165) is 22.9 Å². The molecule has 0 aliphatic rings. The van der Waals surface area contributed by atoms with Crippen LogP contribution in [0.5, 0.6) is 0 Å². The lowest BCUT2D eigenvalue weighted by Crippen LogP contribution is -2.21. The fraction of sp³-hybridized carbons (Fsp3) is 0.167. The Hall–Kier alpha value is -2.44. The van der Waals surface area contributed by atoms with E-state index in [-0.39, 0.29) is 12.5 Å². The van der Waals surface area contributed by atoms with Crippen LogP contribution < -0.4 is 10.0 Å². The van der Waals surface area contributed by atoms with Crippen molar-refractivity contribution in [2.75, 3.05) is 11.6 Å². The van der Waals surface area contributed by atoms with E-state index < -0.39 is 10.0 Å². The molecule has 0 aliphatic heterocycles. The highest BCUT2D eigenvalue weighted by Gasteiger charge is 2.02. The van der Waals surface area contributed by atoms with Gasteiger partial charge in [0.2, 0.25) is 15.9 Å². The van der Waals surface area contributed by atoms with Crippen molar-refractivity contribution in [3.05, 3.63) is 71.3 Å². The van der Waals surface area contributed by atoms with E-state index >= 15 is 0 Å². The largest absolute Gasteiger partial charge is 0.323 e. The molecule has 2 aromatic carbocycles. The standard InChI is InChI=1S/C18H20N2O3S/c1-14-4-3-5-15(12-14)8-11-18(21)20-17-9-6-16(7-10-17)13-19-24(2,22)23/h3-12,19H,13H2,1-2H3,(H,20,21)/b11-8+. The van der Waals surface area contributed by atoms with E-state index in [0.29, 0.717) is 5.69 Å². The fourth-order valence-electron chi connectivity index (χ4n) is 2.05. The summed E-state index contributed by atoms with van der Waals surface area (Å²) in [5.41, 5.74) is 3.56. The average molecular weight is 344 g/mol. The summed E-state index contributed by atoms with van der Waals surface area (Å²) in [6.07, 6.45) is 4.35. The van der Waals surface area contributed by atoms with Gasteiger partial charge in [-0.1, -0.05) is 42.0 Å². The molecule has 5 nitrogen and oxygen atoms in total. The Morgan fingerprint density at radius 3 is 2.46 bits per heavy atom. The van der Waals surface area contributed by atoms with Crippen molar-refractivity contribution in [2.24, 2.45) is 0 Å². The van der Waals surface area contributed by atoms with Crippen LogP contribution in [-0.4, -0.2) is 20.6 Å². The van der Waals surface area contributed by atoms with E-state index in [1.54, 1.807) is 30.3 Å². The number of carbonyl (C=O) groups is 1. The minimum absolute atomic E-state index is 0.223. The number of nitrogens with one attached hydrogen (secondary N) is 2. The highest BCUT2D eigenvalue weighted by molar-refractivity contribution is 7.88. The van der Waals surface area contributed by atoms with Crippen molar-refractivity contribution in [3.63, 3.8) is 0 Å². The number of anilines is 1. The molecule has 0 aromatic heterocycles. The third kappa shape index (κ3) is 6.36. The van der Waals surface area contributed by atoms with Crippen molar-refractivity contribution >= 4 is 27.7 Å². The summed E-state index contributed by atoms with van der Waals surface area (Å²) in [5.74, 6) is -0.224. The molecule has 0 bridgehead atoms. The van der Waals surface area contributed by atoms with E-state index in [9.17, 15) is 13.2 Å². The van der Waals surface area contributed by atoms with Gasteiger partial charge >= 0.3 is 0 Å².